The zero-order chi connectivity index (χ0) is 18.1. The number of rotatable bonds is 3. The summed E-state index contributed by atoms with van der Waals surface area (Å²) in [6.45, 7) is 2.25. The Hall–Kier alpha value is -2.48. The Morgan fingerprint density at radius 3 is 2.19 bits per heavy atom. The second-order valence-corrected chi connectivity index (χ2v) is 7.61. The second kappa shape index (κ2) is 7.03. The summed E-state index contributed by atoms with van der Waals surface area (Å²) >= 11 is 0. The van der Waals surface area contributed by atoms with Crippen molar-refractivity contribution in [2.24, 2.45) is 14.1 Å². The number of benzene rings is 1. The fourth-order valence-electron chi connectivity index (χ4n) is 4.36. The molecule has 4 rings (SSSR count). The van der Waals surface area contributed by atoms with Gasteiger partial charge in [-0.1, -0.05) is 18.9 Å². The minimum absolute atomic E-state index is 0.741. The smallest absolute Gasteiger partial charge is 0.201 e. The number of nitrogens with zero attached hydrogens (tertiary/aromatic N) is 2. The van der Waals surface area contributed by atoms with Crippen LogP contribution in [0.2, 0.25) is 0 Å². The summed E-state index contributed by atoms with van der Waals surface area (Å²) in [7, 11) is 4.27. The molecule has 1 aliphatic rings. The van der Waals surface area contributed by atoms with Gasteiger partial charge in [0.15, 0.2) is 12.4 Å². The Morgan fingerprint density at radius 1 is 0.769 bits per heavy atom. The molecule has 0 spiro atoms. The molecule has 0 atom stereocenters. The lowest BCUT2D eigenvalue weighted by atomic mass is 9.93. The summed E-state index contributed by atoms with van der Waals surface area (Å²) in [5, 5.41) is 0. The van der Waals surface area contributed by atoms with Crippen molar-refractivity contribution < 1.29 is 9.13 Å². The van der Waals surface area contributed by atoms with Crippen LogP contribution in [0.25, 0.3) is 22.5 Å². The van der Waals surface area contributed by atoms with Crippen LogP contribution in [0, 0.1) is 6.92 Å². The first-order valence-electron chi connectivity index (χ1n) is 9.70. The first kappa shape index (κ1) is 17.0. The minimum atomic E-state index is 0.741. The molecule has 0 saturated heterocycles. The monoisotopic (exact) mass is 344 g/mol. The third-order valence-corrected chi connectivity index (χ3v) is 5.94. The molecular formula is C24H28N2+2. The highest BCUT2D eigenvalue weighted by Crippen LogP contribution is 2.36. The summed E-state index contributed by atoms with van der Waals surface area (Å²) in [5.41, 5.74) is 8.04. The maximum atomic E-state index is 2.42. The molecule has 2 nitrogen and oxygen atoms in total. The summed E-state index contributed by atoms with van der Waals surface area (Å²) < 4.78 is 4.45. The molecule has 0 radical (unpaired) electrons. The van der Waals surface area contributed by atoms with Crippen LogP contribution in [0.1, 0.15) is 42.7 Å². The lowest BCUT2D eigenvalue weighted by Gasteiger charge is -2.12. The molecule has 1 aliphatic carbocycles. The van der Waals surface area contributed by atoms with Crippen LogP contribution in [0.5, 0.6) is 0 Å². The quantitative estimate of drug-likeness (QED) is 0.612. The number of pyridine rings is 2. The molecular weight excluding hydrogens is 316 g/mol. The Morgan fingerprint density at radius 2 is 1.46 bits per heavy atom. The van der Waals surface area contributed by atoms with Gasteiger partial charge in [0, 0.05) is 35.4 Å². The standard InChI is InChI=1S/C24H28N2/c1-18-21(23-13-6-7-15-25(23)2)11-8-12-22(18)24-17-20(14-16-26(24)3)19-9-4-5-10-19/h6-8,11-17,19H,4-5,9-10H2,1-3H3/q+2. The van der Waals surface area contributed by atoms with Gasteiger partial charge in [-0.05, 0) is 55.0 Å². The summed E-state index contributed by atoms with van der Waals surface area (Å²) in [6, 6.07) is 17.8. The Balaban J connectivity index is 1.83. The molecule has 2 aromatic heterocycles. The molecule has 26 heavy (non-hydrogen) atoms. The van der Waals surface area contributed by atoms with Crippen LogP contribution >= 0.6 is 0 Å². The highest BCUT2D eigenvalue weighted by Gasteiger charge is 2.22. The van der Waals surface area contributed by atoms with Gasteiger partial charge < -0.3 is 0 Å². The van der Waals surface area contributed by atoms with E-state index in [1.54, 1.807) is 0 Å². The van der Waals surface area contributed by atoms with Gasteiger partial charge in [-0.3, -0.25) is 0 Å². The van der Waals surface area contributed by atoms with Gasteiger partial charge in [0.2, 0.25) is 11.4 Å². The maximum Gasteiger partial charge on any atom is 0.212 e. The van der Waals surface area contributed by atoms with E-state index in [4.69, 9.17) is 0 Å². The molecule has 132 valence electrons. The largest absolute Gasteiger partial charge is 0.212 e. The van der Waals surface area contributed by atoms with Crippen molar-refractivity contribution in [2.45, 2.75) is 38.5 Å². The van der Waals surface area contributed by atoms with Gasteiger partial charge >= 0.3 is 0 Å². The molecule has 0 N–H and O–H groups in total. The molecule has 0 unspecified atom stereocenters. The van der Waals surface area contributed by atoms with E-state index in [0.29, 0.717) is 0 Å². The van der Waals surface area contributed by atoms with E-state index in [9.17, 15) is 0 Å². The van der Waals surface area contributed by atoms with Crippen molar-refractivity contribution >= 4 is 0 Å². The van der Waals surface area contributed by atoms with Crippen molar-refractivity contribution in [2.75, 3.05) is 0 Å². The highest BCUT2D eigenvalue weighted by molar-refractivity contribution is 5.73. The average Bonchev–Trinajstić information content (AvgIpc) is 3.18. The van der Waals surface area contributed by atoms with Crippen LogP contribution in [-0.2, 0) is 14.1 Å². The molecule has 3 aromatic rings. The fourth-order valence-corrected chi connectivity index (χ4v) is 4.36. The van der Waals surface area contributed by atoms with Gasteiger partial charge in [0.25, 0.3) is 0 Å². The molecule has 1 saturated carbocycles. The number of hydrogen-bond donors (Lipinski definition) is 0. The molecule has 2 heteroatoms. The Labute approximate surface area is 156 Å². The van der Waals surface area contributed by atoms with Crippen molar-refractivity contribution in [3.63, 3.8) is 0 Å². The minimum Gasteiger partial charge on any atom is -0.201 e. The molecule has 0 amide bonds. The topological polar surface area (TPSA) is 7.76 Å². The lowest BCUT2D eigenvalue weighted by molar-refractivity contribution is -0.660. The summed E-state index contributed by atoms with van der Waals surface area (Å²) in [5.74, 6) is 0.741. The highest BCUT2D eigenvalue weighted by atomic mass is 14.9. The van der Waals surface area contributed by atoms with Crippen LogP contribution < -0.4 is 9.13 Å². The van der Waals surface area contributed by atoms with E-state index in [1.165, 1.54) is 59.3 Å². The predicted octanol–water partition coefficient (Wildman–Crippen LogP) is 4.64. The van der Waals surface area contributed by atoms with Crippen molar-refractivity contribution in [3.8, 4) is 22.5 Å². The third-order valence-electron chi connectivity index (χ3n) is 5.94. The number of aromatic nitrogens is 2. The molecule has 1 fully saturated rings. The van der Waals surface area contributed by atoms with Crippen LogP contribution in [-0.4, -0.2) is 0 Å². The first-order valence-corrected chi connectivity index (χ1v) is 9.70. The molecule has 2 heterocycles. The Kier molecular flexibility index (Phi) is 4.58. The van der Waals surface area contributed by atoms with Crippen LogP contribution in [0.15, 0.2) is 60.9 Å². The summed E-state index contributed by atoms with van der Waals surface area (Å²) in [6.07, 6.45) is 9.78. The average molecular weight is 345 g/mol. The summed E-state index contributed by atoms with van der Waals surface area (Å²) in [4.78, 5) is 0. The van der Waals surface area contributed by atoms with E-state index in [2.05, 4.69) is 91.1 Å². The van der Waals surface area contributed by atoms with Crippen LogP contribution in [0.3, 0.4) is 0 Å². The first-order chi connectivity index (χ1) is 12.6. The predicted molar refractivity (Wildman–Crippen MR) is 106 cm³/mol. The Bertz CT molecular complexity index is 937. The normalized spacial score (nSPS) is 14.7. The van der Waals surface area contributed by atoms with Gasteiger partial charge in [0.1, 0.15) is 14.1 Å². The van der Waals surface area contributed by atoms with Crippen molar-refractivity contribution in [1.82, 2.24) is 0 Å². The zero-order valence-corrected chi connectivity index (χ0v) is 16.1. The van der Waals surface area contributed by atoms with Crippen molar-refractivity contribution in [3.05, 3.63) is 72.1 Å². The van der Waals surface area contributed by atoms with Gasteiger partial charge in [0.05, 0.1) is 0 Å². The maximum absolute atomic E-state index is 2.42. The SMILES string of the molecule is Cc1c(-c2cccc[n+]2C)cccc1-c1cc(C2CCCC2)cc[n+]1C. The van der Waals surface area contributed by atoms with E-state index >= 15 is 0 Å². The lowest BCUT2D eigenvalue weighted by Crippen LogP contribution is -2.31. The van der Waals surface area contributed by atoms with E-state index in [-0.39, 0.29) is 0 Å². The van der Waals surface area contributed by atoms with Gasteiger partial charge in [-0.15, -0.1) is 0 Å². The molecule has 1 aromatic carbocycles. The molecule has 0 bridgehead atoms. The van der Waals surface area contributed by atoms with E-state index < -0.39 is 0 Å². The number of hydrogen-bond acceptors (Lipinski definition) is 0. The molecule has 0 aliphatic heterocycles. The second-order valence-electron chi connectivity index (χ2n) is 7.61. The fraction of sp³-hybridized carbons (Fsp3) is 0.333. The van der Waals surface area contributed by atoms with Gasteiger partial charge in [-0.25, -0.2) is 9.13 Å². The van der Waals surface area contributed by atoms with Crippen molar-refractivity contribution in [1.29, 1.82) is 0 Å². The van der Waals surface area contributed by atoms with Gasteiger partial charge in [-0.2, -0.15) is 0 Å². The van der Waals surface area contributed by atoms with E-state index in [0.717, 1.165) is 5.92 Å². The van der Waals surface area contributed by atoms with E-state index in [1.807, 2.05) is 0 Å². The van der Waals surface area contributed by atoms with Crippen LogP contribution in [0.4, 0.5) is 0 Å². The zero-order valence-electron chi connectivity index (χ0n) is 16.1. The number of aryl methyl sites for hydroxylation is 2. The third kappa shape index (κ3) is 3.05.